The predicted octanol–water partition coefficient (Wildman–Crippen LogP) is 3.39. The number of hydrogen-bond donors (Lipinski definition) is 1. The van der Waals surface area contributed by atoms with E-state index in [0.717, 1.165) is 19.5 Å². The first kappa shape index (κ1) is 13.3. The van der Waals surface area contributed by atoms with E-state index < -0.39 is 0 Å². The van der Waals surface area contributed by atoms with Gasteiger partial charge in [-0.25, -0.2) is 9.07 Å². The molecule has 3 rings (SSSR count). The maximum atomic E-state index is 14.0. The van der Waals surface area contributed by atoms with Crippen LogP contribution in [0.2, 0.25) is 0 Å². The number of nitrogens with one attached hydrogen (secondary N) is 1. The molecule has 0 unspecified atom stereocenters. The molecule has 2 aromatic rings. The van der Waals surface area contributed by atoms with E-state index in [1.165, 1.54) is 30.2 Å². The van der Waals surface area contributed by atoms with Gasteiger partial charge < -0.3 is 5.32 Å². The van der Waals surface area contributed by atoms with Crippen LogP contribution in [0.15, 0.2) is 30.5 Å². The molecule has 1 aliphatic rings. The van der Waals surface area contributed by atoms with Crippen molar-refractivity contribution in [2.75, 3.05) is 6.54 Å². The van der Waals surface area contributed by atoms with Gasteiger partial charge in [-0.3, -0.25) is 0 Å². The van der Waals surface area contributed by atoms with E-state index in [0.29, 0.717) is 11.6 Å². The summed E-state index contributed by atoms with van der Waals surface area (Å²) in [5.74, 6) is 0.320. The van der Waals surface area contributed by atoms with Crippen molar-refractivity contribution in [3.8, 4) is 5.69 Å². The zero-order chi connectivity index (χ0) is 13.9. The highest BCUT2D eigenvalue weighted by Gasteiger charge is 2.30. The summed E-state index contributed by atoms with van der Waals surface area (Å²) in [6.45, 7) is 3.96. The number of para-hydroxylation sites is 1. The highest BCUT2D eigenvalue weighted by molar-refractivity contribution is 5.39. The molecule has 0 saturated heterocycles. The summed E-state index contributed by atoms with van der Waals surface area (Å²) < 4.78 is 15.8. The number of aromatic nitrogens is 2. The minimum Gasteiger partial charge on any atom is -0.313 e. The molecule has 0 aliphatic heterocycles. The summed E-state index contributed by atoms with van der Waals surface area (Å²) >= 11 is 0. The van der Waals surface area contributed by atoms with E-state index >= 15 is 0 Å². The van der Waals surface area contributed by atoms with Crippen molar-refractivity contribution < 1.29 is 4.39 Å². The Morgan fingerprint density at radius 3 is 2.85 bits per heavy atom. The van der Waals surface area contributed by atoms with Crippen molar-refractivity contribution in [3.63, 3.8) is 0 Å². The second-order valence-corrected chi connectivity index (χ2v) is 5.37. The molecule has 0 amide bonds. The Labute approximate surface area is 118 Å². The van der Waals surface area contributed by atoms with Crippen LogP contribution in [0.5, 0.6) is 0 Å². The van der Waals surface area contributed by atoms with Gasteiger partial charge in [-0.2, -0.15) is 5.10 Å². The Balaban J connectivity index is 1.93. The number of halogens is 1. The van der Waals surface area contributed by atoms with Crippen molar-refractivity contribution in [1.82, 2.24) is 15.1 Å². The van der Waals surface area contributed by atoms with Crippen LogP contribution in [-0.2, 0) is 6.54 Å². The molecule has 1 N–H and O–H groups in total. The summed E-state index contributed by atoms with van der Waals surface area (Å²) in [4.78, 5) is 0. The Morgan fingerprint density at radius 2 is 2.15 bits per heavy atom. The Hall–Kier alpha value is -1.68. The maximum absolute atomic E-state index is 14.0. The van der Waals surface area contributed by atoms with Gasteiger partial charge in [0.15, 0.2) is 0 Å². The molecule has 1 heterocycles. The molecule has 20 heavy (non-hydrogen) atoms. The zero-order valence-electron chi connectivity index (χ0n) is 11.8. The number of rotatable bonds is 6. The van der Waals surface area contributed by atoms with Crippen LogP contribution in [0.3, 0.4) is 0 Å². The van der Waals surface area contributed by atoms with E-state index in [2.05, 4.69) is 17.3 Å². The lowest BCUT2D eigenvalue weighted by atomic mass is 10.1. The van der Waals surface area contributed by atoms with E-state index in [1.54, 1.807) is 16.8 Å². The topological polar surface area (TPSA) is 29.9 Å². The maximum Gasteiger partial charge on any atom is 0.148 e. The third-order valence-electron chi connectivity index (χ3n) is 3.67. The van der Waals surface area contributed by atoms with Gasteiger partial charge in [0.2, 0.25) is 0 Å². The van der Waals surface area contributed by atoms with E-state index in [9.17, 15) is 4.39 Å². The van der Waals surface area contributed by atoms with Gasteiger partial charge in [-0.15, -0.1) is 0 Å². The number of benzene rings is 1. The van der Waals surface area contributed by atoms with Gasteiger partial charge in [0.05, 0.1) is 11.9 Å². The summed E-state index contributed by atoms with van der Waals surface area (Å²) in [6.07, 6.45) is 5.35. The molecule has 106 valence electrons. The van der Waals surface area contributed by atoms with Crippen molar-refractivity contribution in [2.24, 2.45) is 0 Å². The smallest absolute Gasteiger partial charge is 0.148 e. The average molecular weight is 273 g/mol. The summed E-state index contributed by atoms with van der Waals surface area (Å²) in [5.41, 5.74) is 2.93. The minimum absolute atomic E-state index is 0.217. The second-order valence-electron chi connectivity index (χ2n) is 5.37. The van der Waals surface area contributed by atoms with Crippen LogP contribution in [0.4, 0.5) is 4.39 Å². The first-order valence-corrected chi connectivity index (χ1v) is 7.33. The molecule has 1 aromatic carbocycles. The third kappa shape index (κ3) is 2.61. The molecule has 0 bridgehead atoms. The lowest BCUT2D eigenvalue weighted by molar-refractivity contribution is 0.605. The van der Waals surface area contributed by atoms with E-state index in [-0.39, 0.29) is 5.82 Å². The van der Waals surface area contributed by atoms with Crippen LogP contribution >= 0.6 is 0 Å². The van der Waals surface area contributed by atoms with E-state index in [4.69, 9.17) is 0 Å². The molecule has 0 spiro atoms. The Bertz CT molecular complexity index is 587. The lowest BCUT2D eigenvalue weighted by Gasteiger charge is -2.10. The van der Waals surface area contributed by atoms with Crippen molar-refractivity contribution in [2.45, 2.75) is 38.6 Å². The van der Waals surface area contributed by atoms with Crippen LogP contribution in [0, 0.1) is 5.82 Å². The van der Waals surface area contributed by atoms with Gasteiger partial charge in [0, 0.05) is 18.0 Å². The fraction of sp³-hybridized carbons (Fsp3) is 0.438. The molecular weight excluding hydrogens is 253 g/mol. The van der Waals surface area contributed by atoms with E-state index in [1.807, 2.05) is 12.3 Å². The van der Waals surface area contributed by atoms with Gasteiger partial charge >= 0.3 is 0 Å². The van der Waals surface area contributed by atoms with Crippen molar-refractivity contribution in [3.05, 3.63) is 47.5 Å². The highest BCUT2D eigenvalue weighted by Crippen LogP contribution is 2.42. The highest BCUT2D eigenvalue weighted by atomic mass is 19.1. The molecule has 1 fully saturated rings. The summed E-state index contributed by atoms with van der Waals surface area (Å²) in [7, 11) is 0. The van der Waals surface area contributed by atoms with Gasteiger partial charge in [0.25, 0.3) is 0 Å². The fourth-order valence-corrected chi connectivity index (χ4v) is 2.54. The Kier molecular flexibility index (Phi) is 3.83. The first-order chi connectivity index (χ1) is 9.81. The molecule has 1 saturated carbocycles. The summed E-state index contributed by atoms with van der Waals surface area (Å²) in [6, 6.07) is 6.84. The molecule has 0 radical (unpaired) electrons. The van der Waals surface area contributed by atoms with Crippen LogP contribution in [0.25, 0.3) is 5.69 Å². The monoisotopic (exact) mass is 273 g/mol. The predicted molar refractivity (Wildman–Crippen MR) is 77.5 cm³/mol. The quantitative estimate of drug-likeness (QED) is 0.818. The third-order valence-corrected chi connectivity index (χ3v) is 3.67. The second kappa shape index (κ2) is 5.75. The van der Waals surface area contributed by atoms with Gasteiger partial charge in [-0.05, 0) is 37.9 Å². The largest absolute Gasteiger partial charge is 0.313 e. The number of hydrogen-bond acceptors (Lipinski definition) is 2. The first-order valence-electron chi connectivity index (χ1n) is 7.33. The fourth-order valence-electron chi connectivity index (χ4n) is 2.54. The standard InChI is InChI=1S/C16H20FN3/c1-2-9-18-10-13-11-19-20(16(13)12-7-8-12)15-6-4-3-5-14(15)17/h3-6,11-12,18H,2,7-10H2,1H3. The average Bonchev–Trinajstić information content (AvgIpc) is 3.21. The van der Waals surface area contributed by atoms with Gasteiger partial charge in [0.1, 0.15) is 11.5 Å². The van der Waals surface area contributed by atoms with Crippen LogP contribution in [-0.4, -0.2) is 16.3 Å². The molecule has 1 aliphatic carbocycles. The molecule has 4 heteroatoms. The minimum atomic E-state index is -0.217. The zero-order valence-corrected chi connectivity index (χ0v) is 11.8. The lowest BCUT2D eigenvalue weighted by Crippen LogP contribution is -2.15. The van der Waals surface area contributed by atoms with Crippen molar-refractivity contribution in [1.29, 1.82) is 0 Å². The molecule has 3 nitrogen and oxygen atoms in total. The molecule has 1 aromatic heterocycles. The SMILES string of the molecule is CCCNCc1cnn(-c2ccccc2F)c1C1CC1. The van der Waals surface area contributed by atoms with Gasteiger partial charge in [-0.1, -0.05) is 19.1 Å². The molecular formula is C16H20FN3. The normalized spacial score (nSPS) is 14.7. The Morgan fingerprint density at radius 1 is 1.35 bits per heavy atom. The molecule has 0 atom stereocenters. The van der Waals surface area contributed by atoms with Crippen LogP contribution in [0.1, 0.15) is 43.4 Å². The number of nitrogens with zero attached hydrogens (tertiary/aromatic N) is 2. The van der Waals surface area contributed by atoms with Crippen LogP contribution < -0.4 is 5.32 Å². The van der Waals surface area contributed by atoms with Crippen molar-refractivity contribution >= 4 is 0 Å². The summed E-state index contributed by atoms with van der Waals surface area (Å²) in [5, 5.41) is 7.83.